The zero-order valence-corrected chi connectivity index (χ0v) is 21.9. The highest BCUT2D eigenvalue weighted by Gasteiger charge is 2.48. The lowest BCUT2D eigenvalue weighted by molar-refractivity contribution is 0.0697. The van der Waals surface area contributed by atoms with Crippen molar-refractivity contribution in [1.29, 1.82) is 0 Å². The minimum atomic E-state index is -0.886. The molecule has 0 saturated heterocycles. The number of aromatic carboxylic acids is 1. The van der Waals surface area contributed by atoms with Crippen molar-refractivity contribution in [3.8, 4) is 0 Å². The number of carboxylic acid groups (broad SMARTS) is 1. The summed E-state index contributed by atoms with van der Waals surface area (Å²) in [6.45, 7) is 18.8. The van der Waals surface area contributed by atoms with Crippen molar-refractivity contribution in [3.63, 3.8) is 0 Å². The fourth-order valence-corrected chi connectivity index (χ4v) is 5.76. The summed E-state index contributed by atoms with van der Waals surface area (Å²) >= 11 is 0. The molecule has 1 aliphatic rings. The van der Waals surface area contributed by atoms with Gasteiger partial charge in [0.05, 0.1) is 5.56 Å². The molecule has 33 heavy (non-hydrogen) atoms. The van der Waals surface area contributed by atoms with E-state index < -0.39 is 5.97 Å². The second kappa shape index (κ2) is 9.49. The van der Waals surface area contributed by atoms with Gasteiger partial charge in [-0.2, -0.15) is 0 Å². The largest absolute Gasteiger partial charge is 0.478 e. The number of rotatable bonds is 8. The summed E-state index contributed by atoms with van der Waals surface area (Å²) in [5, 5.41) is 9.20. The van der Waals surface area contributed by atoms with Gasteiger partial charge in [-0.3, -0.25) is 0 Å². The minimum absolute atomic E-state index is 0.130. The monoisotopic (exact) mass is 446 g/mol. The predicted octanol–water partition coefficient (Wildman–Crippen LogP) is 8.52. The molecule has 0 saturated carbocycles. The normalized spacial score (nSPS) is 19.1. The van der Waals surface area contributed by atoms with Gasteiger partial charge >= 0.3 is 5.97 Å². The van der Waals surface area contributed by atoms with E-state index in [9.17, 15) is 9.90 Å². The highest BCUT2D eigenvalue weighted by atomic mass is 16.4. The van der Waals surface area contributed by atoms with E-state index in [1.807, 2.05) is 12.1 Å². The van der Waals surface area contributed by atoms with Crippen LogP contribution in [0.4, 0.5) is 0 Å². The summed E-state index contributed by atoms with van der Waals surface area (Å²) in [6, 6.07) is 12.2. The van der Waals surface area contributed by atoms with E-state index in [0.29, 0.717) is 11.5 Å². The Morgan fingerprint density at radius 1 is 1.00 bits per heavy atom. The van der Waals surface area contributed by atoms with Crippen LogP contribution in [0.5, 0.6) is 0 Å². The maximum atomic E-state index is 11.2. The van der Waals surface area contributed by atoms with Crippen LogP contribution >= 0.6 is 0 Å². The number of carbonyl (C=O) groups is 1. The fraction of sp³-hybridized carbons (Fsp3) is 0.516. The molecule has 2 aromatic carbocycles. The average Bonchev–Trinajstić information content (AvgIpc) is 2.91. The van der Waals surface area contributed by atoms with Gasteiger partial charge < -0.3 is 5.11 Å². The third-order valence-corrected chi connectivity index (χ3v) is 8.74. The molecule has 1 unspecified atom stereocenters. The molecule has 2 aromatic rings. The summed E-state index contributed by atoms with van der Waals surface area (Å²) in [4.78, 5) is 11.2. The third kappa shape index (κ3) is 4.81. The first kappa shape index (κ1) is 25.3. The van der Waals surface area contributed by atoms with E-state index in [0.717, 1.165) is 17.9 Å². The summed E-state index contributed by atoms with van der Waals surface area (Å²) in [5.41, 5.74) is 8.69. The molecule has 0 amide bonds. The van der Waals surface area contributed by atoms with Gasteiger partial charge in [0.25, 0.3) is 0 Å². The second-order valence-electron chi connectivity index (χ2n) is 11.2. The highest BCUT2D eigenvalue weighted by Crippen LogP contribution is 2.54. The van der Waals surface area contributed by atoms with Crippen LogP contribution in [0.2, 0.25) is 0 Å². The lowest BCUT2D eigenvalue weighted by atomic mass is 9.71. The maximum Gasteiger partial charge on any atom is 0.335 e. The Bertz CT molecular complexity index is 1030. The quantitative estimate of drug-likeness (QED) is 0.413. The summed E-state index contributed by atoms with van der Waals surface area (Å²) in [5.74, 6) is 0.445. The van der Waals surface area contributed by atoms with Gasteiger partial charge in [-0.25, -0.2) is 4.79 Å². The van der Waals surface area contributed by atoms with Crippen molar-refractivity contribution in [2.75, 3.05) is 0 Å². The van der Waals surface area contributed by atoms with Crippen LogP contribution in [0.25, 0.3) is 11.6 Å². The molecule has 178 valence electrons. The van der Waals surface area contributed by atoms with Gasteiger partial charge in [-0.1, -0.05) is 91.6 Å². The number of hydrogen-bond acceptors (Lipinski definition) is 1. The standard InChI is InChI=1S/C31H42O2/c1-9-22(10-2)11-16-25-18-27-28(31(7,8)21(4)30(27,5)6)19-26(25)20(3)17-23-12-14-24(15-13-23)29(32)33/h12-15,17-19,21-22H,9-11,16H2,1-8H3,(H,32,33). The Labute approximate surface area is 201 Å². The van der Waals surface area contributed by atoms with Gasteiger partial charge in [0.1, 0.15) is 0 Å². The molecule has 1 N–H and O–H groups in total. The number of aryl methyl sites for hydroxylation is 1. The molecule has 0 fully saturated rings. The number of fused-ring (bicyclic) bond motifs is 1. The topological polar surface area (TPSA) is 37.3 Å². The van der Waals surface area contributed by atoms with Crippen LogP contribution in [-0.4, -0.2) is 11.1 Å². The van der Waals surface area contributed by atoms with Gasteiger partial charge in [0.15, 0.2) is 0 Å². The van der Waals surface area contributed by atoms with E-state index >= 15 is 0 Å². The first-order valence-electron chi connectivity index (χ1n) is 12.6. The van der Waals surface area contributed by atoms with E-state index in [-0.39, 0.29) is 10.8 Å². The van der Waals surface area contributed by atoms with Crippen LogP contribution in [0, 0.1) is 11.8 Å². The van der Waals surface area contributed by atoms with Crippen LogP contribution in [-0.2, 0) is 17.3 Å². The number of carboxylic acids is 1. The third-order valence-electron chi connectivity index (χ3n) is 8.74. The second-order valence-corrected chi connectivity index (χ2v) is 11.2. The van der Waals surface area contributed by atoms with Crippen LogP contribution in [0.15, 0.2) is 36.4 Å². The molecule has 1 aliphatic carbocycles. The Hall–Kier alpha value is -2.35. The predicted molar refractivity (Wildman–Crippen MR) is 141 cm³/mol. The molecule has 0 bridgehead atoms. The molecule has 3 rings (SSSR count). The highest BCUT2D eigenvalue weighted by molar-refractivity contribution is 5.88. The smallest absolute Gasteiger partial charge is 0.335 e. The van der Waals surface area contributed by atoms with Crippen molar-refractivity contribution in [1.82, 2.24) is 0 Å². The summed E-state index contributed by atoms with van der Waals surface area (Å²) in [7, 11) is 0. The van der Waals surface area contributed by atoms with Crippen LogP contribution < -0.4 is 0 Å². The van der Waals surface area contributed by atoms with E-state index in [1.54, 1.807) is 12.1 Å². The molecule has 0 radical (unpaired) electrons. The van der Waals surface area contributed by atoms with Crippen molar-refractivity contribution in [2.24, 2.45) is 11.8 Å². The van der Waals surface area contributed by atoms with E-state index in [1.165, 1.54) is 47.1 Å². The van der Waals surface area contributed by atoms with Crippen LogP contribution in [0.1, 0.15) is 113 Å². The summed E-state index contributed by atoms with van der Waals surface area (Å²) in [6.07, 6.45) is 6.99. The Morgan fingerprint density at radius 3 is 2.06 bits per heavy atom. The average molecular weight is 447 g/mol. The van der Waals surface area contributed by atoms with Gasteiger partial charge in [-0.15, -0.1) is 0 Å². The van der Waals surface area contributed by atoms with E-state index in [4.69, 9.17) is 0 Å². The Morgan fingerprint density at radius 2 is 1.55 bits per heavy atom. The molecule has 0 heterocycles. The minimum Gasteiger partial charge on any atom is -0.478 e. The Kier molecular flexibility index (Phi) is 7.27. The number of hydrogen-bond donors (Lipinski definition) is 1. The zero-order chi connectivity index (χ0) is 24.6. The summed E-state index contributed by atoms with van der Waals surface area (Å²) < 4.78 is 0. The van der Waals surface area contributed by atoms with Gasteiger partial charge in [0.2, 0.25) is 0 Å². The van der Waals surface area contributed by atoms with Gasteiger partial charge in [-0.05, 0) is 88.0 Å². The molecule has 0 aliphatic heterocycles. The lowest BCUT2D eigenvalue weighted by Crippen LogP contribution is -2.30. The van der Waals surface area contributed by atoms with Crippen molar-refractivity contribution in [3.05, 3.63) is 69.8 Å². The van der Waals surface area contributed by atoms with Crippen molar-refractivity contribution >= 4 is 17.6 Å². The first-order chi connectivity index (χ1) is 15.4. The van der Waals surface area contributed by atoms with Crippen molar-refractivity contribution in [2.45, 2.75) is 91.9 Å². The molecule has 2 nitrogen and oxygen atoms in total. The van der Waals surface area contributed by atoms with E-state index in [2.05, 4.69) is 73.6 Å². The maximum absolute atomic E-state index is 11.2. The molecule has 0 spiro atoms. The lowest BCUT2D eigenvalue weighted by Gasteiger charge is -2.32. The Balaban J connectivity index is 2.10. The number of allylic oxidation sites excluding steroid dienone is 1. The number of benzene rings is 2. The molecule has 2 heteroatoms. The van der Waals surface area contributed by atoms with Gasteiger partial charge in [0, 0.05) is 0 Å². The molecular formula is C31H42O2. The molecular weight excluding hydrogens is 404 g/mol. The fourth-order valence-electron chi connectivity index (χ4n) is 5.76. The molecule has 0 aromatic heterocycles. The zero-order valence-electron chi connectivity index (χ0n) is 21.9. The first-order valence-corrected chi connectivity index (χ1v) is 12.6. The van der Waals surface area contributed by atoms with Crippen molar-refractivity contribution < 1.29 is 9.90 Å². The SMILES string of the molecule is CCC(CC)CCc1cc2c(cc1C(C)=Cc1ccc(C(=O)O)cc1)C(C)(C)C(C)C2(C)C. The van der Waals surface area contributed by atoms with Crippen LogP contribution in [0.3, 0.4) is 0 Å². The molecule has 1 atom stereocenters.